The first-order chi connectivity index (χ1) is 26.7. The standard InChI is InChI=1S/C37H60N4O14/c1-3-5-7-19-52-29-38-17-9-21-48-25-37(26-49-22-10-18-39-30-53-20-8-6-4-2,27-50-23-15-35(46)54-40-31(42)11-12-32(40)43)28-51-24-16-36(47)55-41-33(44)13-14-34(41)45/h5-8,38-39H,3-4,9-30H2,1-2H3. The van der Waals surface area contributed by atoms with E-state index in [0.29, 0.717) is 75.9 Å². The third-order valence-electron chi connectivity index (χ3n) is 7.86. The summed E-state index contributed by atoms with van der Waals surface area (Å²) in [6.07, 6.45) is 10.7. The number of carbonyl (C=O) groups excluding carboxylic acids is 6. The summed E-state index contributed by atoms with van der Waals surface area (Å²) < 4.78 is 35.0. The van der Waals surface area contributed by atoms with Gasteiger partial charge in [-0.1, -0.05) is 38.2 Å². The number of imide groups is 2. The number of ether oxygens (including phenoxy) is 6. The van der Waals surface area contributed by atoms with E-state index in [1.165, 1.54) is 0 Å². The largest absolute Gasteiger partial charge is 0.381 e. The minimum Gasteiger partial charge on any atom is -0.381 e. The summed E-state index contributed by atoms with van der Waals surface area (Å²) in [5, 5.41) is 7.36. The topological polar surface area (TPSA) is 207 Å². The maximum Gasteiger partial charge on any atom is 0.335 e. The predicted octanol–water partition coefficient (Wildman–Crippen LogP) is 1.87. The highest BCUT2D eigenvalue weighted by Gasteiger charge is 2.35. The Morgan fingerprint density at radius 1 is 0.564 bits per heavy atom. The molecule has 2 heterocycles. The Morgan fingerprint density at radius 2 is 0.927 bits per heavy atom. The van der Waals surface area contributed by atoms with Crippen molar-refractivity contribution in [1.82, 2.24) is 20.8 Å². The van der Waals surface area contributed by atoms with Crippen LogP contribution in [0.1, 0.15) is 78.1 Å². The smallest absolute Gasteiger partial charge is 0.335 e. The SMILES string of the molecule is CCC=CCOCNCCCOCC(COCCCNCOCC=CCC)(COCCC(=O)ON1C(=O)CCC1=O)COCCC(=O)ON1C(=O)CCC1=O. The first-order valence-electron chi connectivity index (χ1n) is 19.0. The van der Waals surface area contributed by atoms with Crippen LogP contribution in [-0.4, -0.2) is 138 Å². The maximum atomic E-state index is 12.4. The molecule has 0 unspecified atom stereocenters. The Bertz CT molecular complexity index is 1110. The van der Waals surface area contributed by atoms with Gasteiger partial charge in [-0.2, -0.15) is 0 Å². The van der Waals surface area contributed by atoms with E-state index >= 15 is 0 Å². The molecular weight excluding hydrogens is 724 g/mol. The third-order valence-corrected chi connectivity index (χ3v) is 7.86. The van der Waals surface area contributed by atoms with Crippen LogP contribution < -0.4 is 10.6 Å². The number of nitrogens with one attached hydrogen (secondary N) is 2. The van der Waals surface area contributed by atoms with E-state index in [0.717, 1.165) is 12.8 Å². The van der Waals surface area contributed by atoms with Crippen molar-refractivity contribution < 1.29 is 66.9 Å². The zero-order valence-corrected chi connectivity index (χ0v) is 32.4. The molecule has 0 aromatic heterocycles. The van der Waals surface area contributed by atoms with Crippen molar-refractivity contribution >= 4 is 35.6 Å². The van der Waals surface area contributed by atoms with E-state index in [9.17, 15) is 28.8 Å². The van der Waals surface area contributed by atoms with E-state index in [1.54, 1.807) is 0 Å². The van der Waals surface area contributed by atoms with Gasteiger partial charge in [-0.3, -0.25) is 29.8 Å². The number of hydrogen-bond acceptors (Lipinski definition) is 16. The minimum atomic E-state index is -0.903. The Hall–Kier alpha value is -3.62. The fraction of sp³-hybridized carbons (Fsp3) is 0.730. The molecule has 0 spiro atoms. The summed E-state index contributed by atoms with van der Waals surface area (Å²) in [6, 6.07) is 0. The van der Waals surface area contributed by atoms with Gasteiger partial charge in [-0.15, -0.1) is 10.1 Å². The van der Waals surface area contributed by atoms with Crippen LogP contribution in [0.15, 0.2) is 24.3 Å². The second kappa shape index (κ2) is 29.6. The van der Waals surface area contributed by atoms with Crippen molar-refractivity contribution in [3.8, 4) is 0 Å². The number of hydrogen-bond donors (Lipinski definition) is 2. The van der Waals surface area contributed by atoms with Crippen molar-refractivity contribution in [3.63, 3.8) is 0 Å². The monoisotopic (exact) mass is 784 g/mol. The molecule has 18 nitrogen and oxygen atoms in total. The van der Waals surface area contributed by atoms with E-state index < -0.39 is 41.0 Å². The fourth-order valence-corrected chi connectivity index (χ4v) is 4.94. The first kappa shape index (κ1) is 47.5. The van der Waals surface area contributed by atoms with Crippen LogP contribution in [0, 0.1) is 5.41 Å². The lowest BCUT2D eigenvalue weighted by Gasteiger charge is -2.33. The summed E-state index contributed by atoms with van der Waals surface area (Å²) in [5.74, 6) is -3.92. The average molecular weight is 785 g/mol. The summed E-state index contributed by atoms with van der Waals surface area (Å²) in [7, 11) is 0. The highest BCUT2D eigenvalue weighted by molar-refractivity contribution is 6.02. The zero-order valence-electron chi connectivity index (χ0n) is 32.4. The van der Waals surface area contributed by atoms with Crippen LogP contribution in [0.5, 0.6) is 0 Å². The number of rotatable bonds is 34. The molecule has 2 saturated heterocycles. The normalized spacial score (nSPS) is 15.1. The van der Waals surface area contributed by atoms with Crippen LogP contribution in [-0.2, 0) is 66.9 Å². The Kier molecular flexibility index (Phi) is 25.6. The molecule has 4 amide bonds. The van der Waals surface area contributed by atoms with Crippen molar-refractivity contribution in [2.24, 2.45) is 5.41 Å². The fourth-order valence-electron chi connectivity index (χ4n) is 4.94. The van der Waals surface area contributed by atoms with Gasteiger partial charge < -0.3 is 38.1 Å². The maximum absolute atomic E-state index is 12.4. The van der Waals surface area contributed by atoms with Crippen LogP contribution in [0.25, 0.3) is 0 Å². The molecule has 0 aromatic carbocycles. The molecule has 0 aliphatic carbocycles. The highest BCUT2D eigenvalue weighted by atomic mass is 16.7. The first-order valence-corrected chi connectivity index (χ1v) is 19.0. The van der Waals surface area contributed by atoms with Crippen molar-refractivity contribution in [3.05, 3.63) is 24.3 Å². The number of amides is 4. The second-order valence-electron chi connectivity index (χ2n) is 12.8. The van der Waals surface area contributed by atoms with Crippen molar-refractivity contribution in [1.29, 1.82) is 0 Å². The number of nitrogens with zero attached hydrogens (tertiary/aromatic N) is 2. The lowest BCUT2D eigenvalue weighted by atomic mass is 9.92. The number of allylic oxidation sites excluding steroid dienone is 2. The molecule has 55 heavy (non-hydrogen) atoms. The average Bonchev–Trinajstić information content (AvgIpc) is 3.66. The number of hydroxylamine groups is 4. The molecule has 2 fully saturated rings. The van der Waals surface area contributed by atoms with Crippen LogP contribution in [0.2, 0.25) is 0 Å². The van der Waals surface area contributed by atoms with Gasteiger partial charge in [0.1, 0.15) is 0 Å². The zero-order chi connectivity index (χ0) is 40.0. The number of carbonyl (C=O) groups is 6. The molecule has 0 aromatic rings. The summed E-state index contributed by atoms with van der Waals surface area (Å²) >= 11 is 0. The van der Waals surface area contributed by atoms with Crippen molar-refractivity contribution in [2.75, 3.05) is 92.6 Å². The van der Waals surface area contributed by atoms with E-state index in [4.69, 9.17) is 38.1 Å². The lowest BCUT2D eigenvalue weighted by molar-refractivity contribution is -0.198. The van der Waals surface area contributed by atoms with Crippen LogP contribution in [0.3, 0.4) is 0 Å². The van der Waals surface area contributed by atoms with Crippen molar-refractivity contribution in [2.45, 2.75) is 78.1 Å². The van der Waals surface area contributed by atoms with Gasteiger partial charge in [0.25, 0.3) is 23.6 Å². The molecule has 2 aliphatic heterocycles. The Labute approximate surface area is 323 Å². The van der Waals surface area contributed by atoms with Gasteiger partial charge in [0.15, 0.2) is 0 Å². The predicted molar refractivity (Wildman–Crippen MR) is 195 cm³/mol. The van der Waals surface area contributed by atoms with E-state index in [2.05, 4.69) is 24.5 Å². The lowest BCUT2D eigenvalue weighted by Crippen LogP contribution is -2.42. The third kappa shape index (κ3) is 21.3. The molecule has 0 atom stereocenters. The van der Waals surface area contributed by atoms with Gasteiger partial charge in [0.2, 0.25) is 0 Å². The molecular formula is C37H60N4O14. The quantitative estimate of drug-likeness (QED) is 0.0413. The van der Waals surface area contributed by atoms with Gasteiger partial charge >= 0.3 is 11.9 Å². The molecule has 2 N–H and O–H groups in total. The summed E-state index contributed by atoms with van der Waals surface area (Å²) in [5.41, 5.74) is -0.903. The van der Waals surface area contributed by atoms with Gasteiger partial charge in [0.05, 0.1) is 84.6 Å². The molecule has 0 saturated carbocycles. The molecule has 312 valence electrons. The Morgan fingerprint density at radius 3 is 1.29 bits per heavy atom. The van der Waals surface area contributed by atoms with E-state index in [1.807, 2.05) is 24.3 Å². The highest BCUT2D eigenvalue weighted by Crippen LogP contribution is 2.22. The molecule has 2 aliphatic rings. The van der Waals surface area contributed by atoms with Crippen LogP contribution >= 0.6 is 0 Å². The van der Waals surface area contributed by atoms with Gasteiger partial charge in [0, 0.05) is 38.9 Å². The van der Waals surface area contributed by atoms with Crippen LogP contribution in [0.4, 0.5) is 0 Å². The molecule has 0 radical (unpaired) electrons. The van der Waals surface area contributed by atoms with Gasteiger partial charge in [-0.05, 0) is 38.8 Å². The van der Waals surface area contributed by atoms with E-state index in [-0.39, 0.29) is 78.2 Å². The Balaban J connectivity index is 1.96. The van der Waals surface area contributed by atoms with Gasteiger partial charge in [-0.25, -0.2) is 9.59 Å². The molecule has 2 rings (SSSR count). The summed E-state index contributed by atoms with van der Waals surface area (Å²) in [6.45, 7) is 8.10. The molecule has 0 bridgehead atoms. The summed E-state index contributed by atoms with van der Waals surface area (Å²) in [4.78, 5) is 81.9. The second-order valence-corrected chi connectivity index (χ2v) is 12.8. The molecule has 18 heteroatoms. The minimum absolute atomic E-state index is 0.0117.